The third kappa shape index (κ3) is 7.88. The van der Waals surface area contributed by atoms with Gasteiger partial charge in [-0.3, -0.25) is 4.99 Å². The maximum Gasteiger partial charge on any atom is 0.191 e. The molecule has 0 fully saturated rings. The van der Waals surface area contributed by atoms with Crippen molar-refractivity contribution in [3.05, 3.63) is 29.8 Å². The summed E-state index contributed by atoms with van der Waals surface area (Å²) in [6.45, 7) is 7.49. The van der Waals surface area contributed by atoms with Crippen molar-refractivity contribution in [2.45, 2.75) is 26.8 Å². The predicted molar refractivity (Wildman–Crippen MR) is 91.5 cm³/mol. The summed E-state index contributed by atoms with van der Waals surface area (Å²) in [5, 5.41) is 6.57. The van der Waals surface area contributed by atoms with Gasteiger partial charge in [0.1, 0.15) is 5.75 Å². The summed E-state index contributed by atoms with van der Waals surface area (Å²) < 4.78 is 10.7. The van der Waals surface area contributed by atoms with E-state index in [-0.39, 0.29) is 0 Å². The smallest absolute Gasteiger partial charge is 0.191 e. The molecule has 1 rings (SSSR count). The van der Waals surface area contributed by atoms with E-state index < -0.39 is 0 Å². The summed E-state index contributed by atoms with van der Waals surface area (Å²) >= 11 is 0. The van der Waals surface area contributed by atoms with Crippen LogP contribution in [-0.4, -0.2) is 39.9 Å². The quantitative estimate of drug-likeness (QED) is 0.418. The number of guanidine groups is 1. The van der Waals surface area contributed by atoms with Gasteiger partial charge in [-0.1, -0.05) is 26.0 Å². The van der Waals surface area contributed by atoms with E-state index in [0.717, 1.165) is 44.4 Å². The van der Waals surface area contributed by atoms with E-state index >= 15 is 0 Å². The van der Waals surface area contributed by atoms with Crippen molar-refractivity contribution in [1.82, 2.24) is 10.6 Å². The summed E-state index contributed by atoms with van der Waals surface area (Å²) in [6, 6.07) is 8.00. The molecule has 0 amide bonds. The van der Waals surface area contributed by atoms with Crippen LogP contribution in [0.3, 0.4) is 0 Å². The summed E-state index contributed by atoms with van der Waals surface area (Å²) in [6.07, 6.45) is 0.968. The fourth-order valence-corrected chi connectivity index (χ4v) is 1.85. The molecule has 0 aliphatic carbocycles. The Morgan fingerprint density at radius 2 is 1.91 bits per heavy atom. The zero-order valence-corrected chi connectivity index (χ0v) is 14.2. The van der Waals surface area contributed by atoms with Gasteiger partial charge < -0.3 is 20.1 Å². The van der Waals surface area contributed by atoms with E-state index in [4.69, 9.17) is 9.47 Å². The van der Waals surface area contributed by atoms with Crippen LogP contribution in [-0.2, 0) is 11.3 Å². The number of rotatable bonds is 9. The zero-order chi connectivity index (χ0) is 16.2. The first-order chi connectivity index (χ1) is 10.7. The first-order valence-electron chi connectivity index (χ1n) is 7.81. The second-order valence-electron chi connectivity index (χ2n) is 5.52. The van der Waals surface area contributed by atoms with Crippen molar-refractivity contribution >= 4 is 5.96 Å². The van der Waals surface area contributed by atoms with Crippen molar-refractivity contribution in [3.8, 4) is 5.75 Å². The Morgan fingerprint density at radius 1 is 1.18 bits per heavy atom. The molecule has 0 unspecified atom stereocenters. The molecule has 0 radical (unpaired) electrons. The van der Waals surface area contributed by atoms with Crippen LogP contribution in [0.5, 0.6) is 5.75 Å². The first-order valence-corrected chi connectivity index (χ1v) is 7.81. The van der Waals surface area contributed by atoms with Gasteiger partial charge in [0.15, 0.2) is 5.96 Å². The maximum atomic E-state index is 5.55. The van der Waals surface area contributed by atoms with Crippen LogP contribution < -0.4 is 15.4 Å². The minimum Gasteiger partial charge on any atom is -0.497 e. The molecular formula is C17H29N3O2. The van der Waals surface area contributed by atoms with Gasteiger partial charge in [0.2, 0.25) is 0 Å². The normalized spacial score (nSPS) is 11.6. The summed E-state index contributed by atoms with van der Waals surface area (Å²) in [5.41, 5.74) is 1.18. The summed E-state index contributed by atoms with van der Waals surface area (Å²) in [4.78, 5) is 4.21. The van der Waals surface area contributed by atoms with Crippen molar-refractivity contribution in [3.63, 3.8) is 0 Å². The highest BCUT2D eigenvalue weighted by Crippen LogP contribution is 2.10. The first kappa shape index (κ1) is 18.3. The van der Waals surface area contributed by atoms with Crippen molar-refractivity contribution in [2.75, 3.05) is 33.9 Å². The molecule has 1 aromatic rings. The lowest BCUT2D eigenvalue weighted by molar-refractivity contribution is 0.108. The Balaban J connectivity index is 2.19. The molecule has 5 nitrogen and oxygen atoms in total. The molecule has 0 atom stereocenters. The van der Waals surface area contributed by atoms with Crippen LogP contribution in [0.2, 0.25) is 0 Å². The summed E-state index contributed by atoms with van der Waals surface area (Å²) in [7, 11) is 3.45. The fraction of sp³-hybridized carbons (Fsp3) is 0.588. The van der Waals surface area contributed by atoms with Gasteiger partial charge in [0.25, 0.3) is 0 Å². The third-order valence-electron chi connectivity index (χ3n) is 3.05. The molecule has 0 aliphatic rings. The second-order valence-corrected chi connectivity index (χ2v) is 5.52. The average Bonchev–Trinajstić information content (AvgIpc) is 2.53. The Hall–Kier alpha value is -1.75. The number of benzene rings is 1. The molecule has 0 saturated heterocycles. The van der Waals surface area contributed by atoms with Crippen LogP contribution in [0.15, 0.2) is 29.3 Å². The van der Waals surface area contributed by atoms with Gasteiger partial charge >= 0.3 is 0 Å². The molecule has 0 aromatic heterocycles. The van der Waals surface area contributed by atoms with E-state index in [2.05, 4.69) is 29.5 Å². The average molecular weight is 307 g/mol. The monoisotopic (exact) mass is 307 g/mol. The van der Waals surface area contributed by atoms with Crippen LogP contribution >= 0.6 is 0 Å². The van der Waals surface area contributed by atoms with E-state index in [1.54, 1.807) is 14.2 Å². The third-order valence-corrected chi connectivity index (χ3v) is 3.05. The Kier molecular flexibility index (Phi) is 9.07. The van der Waals surface area contributed by atoms with E-state index in [1.165, 1.54) is 5.56 Å². The Bertz CT molecular complexity index is 430. The largest absolute Gasteiger partial charge is 0.497 e. The summed E-state index contributed by atoms with van der Waals surface area (Å²) in [5.74, 6) is 2.26. The minimum absolute atomic E-state index is 0.590. The van der Waals surface area contributed by atoms with Gasteiger partial charge in [0.05, 0.1) is 7.11 Å². The molecule has 1 aromatic carbocycles. The van der Waals surface area contributed by atoms with Crippen LogP contribution in [0.25, 0.3) is 0 Å². The number of hydrogen-bond acceptors (Lipinski definition) is 3. The lowest BCUT2D eigenvalue weighted by Crippen LogP contribution is -2.37. The van der Waals surface area contributed by atoms with Crippen molar-refractivity contribution in [2.24, 2.45) is 10.9 Å². The molecule has 0 aliphatic heterocycles. The molecule has 0 bridgehead atoms. The van der Waals surface area contributed by atoms with Gasteiger partial charge in [0, 0.05) is 33.4 Å². The van der Waals surface area contributed by atoms with Gasteiger partial charge in [-0.15, -0.1) is 0 Å². The number of methoxy groups -OCH3 is 1. The van der Waals surface area contributed by atoms with Crippen LogP contribution in [0.1, 0.15) is 25.8 Å². The van der Waals surface area contributed by atoms with Gasteiger partial charge in [-0.2, -0.15) is 0 Å². The standard InChI is InChI=1S/C17H29N3O2/c1-14(2)13-22-11-5-10-19-17(18-3)20-12-15-6-8-16(21-4)9-7-15/h6-9,14H,5,10-13H2,1-4H3,(H2,18,19,20). The number of hydrogen-bond donors (Lipinski definition) is 2. The highest BCUT2D eigenvalue weighted by molar-refractivity contribution is 5.79. The molecule has 124 valence electrons. The topological polar surface area (TPSA) is 54.9 Å². The van der Waals surface area contributed by atoms with Gasteiger partial charge in [-0.05, 0) is 30.0 Å². The second kappa shape index (κ2) is 10.9. The highest BCUT2D eigenvalue weighted by Gasteiger charge is 1.99. The van der Waals surface area contributed by atoms with E-state index in [1.807, 2.05) is 24.3 Å². The molecule has 2 N–H and O–H groups in total. The minimum atomic E-state index is 0.590. The zero-order valence-electron chi connectivity index (χ0n) is 14.2. The van der Waals surface area contributed by atoms with Crippen molar-refractivity contribution < 1.29 is 9.47 Å². The molecule has 0 spiro atoms. The Labute approximate surface area is 134 Å². The predicted octanol–water partition coefficient (Wildman–Crippen LogP) is 2.42. The SMILES string of the molecule is CN=C(NCCCOCC(C)C)NCc1ccc(OC)cc1. The lowest BCUT2D eigenvalue weighted by Gasteiger charge is -2.12. The Morgan fingerprint density at radius 3 is 2.50 bits per heavy atom. The molecular weight excluding hydrogens is 278 g/mol. The van der Waals surface area contributed by atoms with Crippen LogP contribution in [0, 0.1) is 5.92 Å². The van der Waals surface area contributed by atoms with Gasteiger partial charge in [-0.25, -0.2) is 0 Å². The number of nitrogens with zero attached hydrogens (tertiary/aromatic N) is 1. The lowest BCUT2D eigenvalue weighted by atomic mass is 10.2. The van der Waals surface area contributed by atoms with E-state index in [9.17, 15) is 0 Å². The van der Waals surface area contributed by atoms with Crippen molar-refractivity contribution in [1.29, 1.82) is 0 Å². The maximum absolute atomic E-state index is 5.55. The van der Waals surface area contributed by atoms with Crippen LogP contribution in [0.4, 0.5) is 0 Å². The molecule has 0 saturated carbocycles. The molecule has 0 heterocycles. The number of aliphatic imine (C=N–C) groups is 1. The van der Waals surface area contributed by atoms with E-state index in [0.29, 0.717) is 5.92 Å². The highest BCUT2D eigenvalue weighted by atomic mass is 16.5. The molecule has 22 heavy (non-hydrogen) atoms. The number of nitrogens with one attached hydrogen (secondary N) is 2. The molecule has 5 heteroatoms. The fourth-order valence-electron chi connectivity index (χ4n) is 1.85. The number of ether oxygens (including phenoxy) is 2.